The number of hydrogen-bond donors (Lipinski definition) is 2. The first kappa shape index (κ1) is 20.2. The molecule has 1 saturated heterocycles. The Morgan fingerprint density at radius 2 is 1.83 bits per heavy atom. The number of carbonyl (C=O) groups excluding carboxylic acids is 2. The van der Waals surface area contributed by atoms with E-state index in [1.165, 1.54) is 23.2 Å². The third kappa shape index (κ3) is 3.83. The van der Waals surface area contributed by atoms with Gasteiger partial charge in [-0.05, 0) is 83.3 Å². The average Bonchev–Trinajstić information content (AvgIpc) is 3.29. The third-order valence-corrected chi connectivity index (χ3v) is 5.42. The van der Waals surface area contributed by atoms with Crippen LogP contribution in [0.1, 0.15) is 16.1 Å². The summed E-state index contributed by atoms with van der Waals surface area (Å²) in [6.07, 6.45) is 1.35. The standard InChI is InChI=1S/C21H12ClIN2O5/c22-17-7-1-11(9-15(17)21(28)29)18-8-6-14(30-18)10-16-19(26)24-25(20(16)27)13-4-2-12(23)3-5-13/h1-10H,(H,24,26)(H,28,29)/b16-10-. The average molecular weight is 535 g/mol. The first-order valence-corrected chi connectivity index (χ1v) is 10.0. The van der Waals surface area contributed by atoms with Crippen LogP contribution in [-0.2, 0) is 9.59 Å². The molecular formula is C21H12ClIN2O5. The van der Waals surface area contributed by atoms with E-state index in [0.29, 0.717) is 17.0 Å². The fourth-order valence-corrected chi connectivity index (χ4v) is 3.46. The van der Waals surface area contributed by atoms with Gasteiger partial charge >= 0.3 is 5.97 Å². The van der Waals surface area contributed by atoms with E-state index in [9.17, 15) is 19.5 Å². The highest BCUT2D eigenvalue weighted by atomic mass is 127. The number of carboxylic acids is 1. The predicted molar refractivity (Wildman–Crippen MR) is 119 cm³/mol. The molecule has 0 radical (unpaired) electrons. The van der Waals surface area contributed by atoms with Crippen LogP contribution in [0.4, 0.5) is 5.69 Å². The Balaban J connectivity index is 1.62. The highest BCUT2D eigenvalue weighted by molar-refractivity contribution is 14.1. The van der Waals surface area contributed by atoms with Crippen molar-refractivity contribution in [2.45, 2.75) is 0 Å². The lowest BCUT2D eigenvalue weighted by atomic mass is 10.1. The van der Waals surface area contributed by atoms with Crippen LogP contribution in [0.2, 0.25) is 5.02 Å². The zero-order chi connectivity index (χ0) is 21.4. The van der Waals surface area contributed by atoms with Crippen LogP contribution in [0.25, 0.3) is 17.4 Å². The fraction of sp³-hybridized carbons (Fsp3) is 0. The van der Waals surface area contributed by atoms with Gasteiger partial charge in [-0.15, -0.1) is 0 Å². The molecule has 0 bridgehead atoms. The molecule has 2 aromatic carbocycles. The molecule has 1 aromatic heterocycles. The lowest BCUT2D eigenvalue weighted by Gasteiger charge is -2.14. The summed E-state index contributed by atoms with van der Waals surface area (Å²) in [4.78, 5) is 36.3. The first-order valence-electron chi connectivity index (χ1n) is 8.59. The number of hydrazine groups is 1. The van der Waals surface area contributed by atoms with Gasteiger partial charge in [0.15, 0.2) is 0 Å². The molecule has 0 atom stereocenters. The molecule has 4 rings (SSSR count). The second kappa shape index (κ2) is 7.96. The summed E-state index contributed by atoms with van der Waals surface area (Å²) in [6, 6.07) is 14.8. The number of carbonyl (C=O) groups is 3. The summed E-state index contributed by atoms with van der Waals surface area (Å²) >= 11 is 8.04. The minimum absolute atomic E-state index is 0.0519. The SMILES string of the molecule is O=C1NN(c2ccc(I)cc2)C(=O)/C1=C\c1ccc(-c2ccc(Cl)c(C(=O)O)c2)o1. The molecule has 2 amide bonds. The highest BCUT2D eigenvalue weighted by Gasteiger charge is 2.34. The van der Waals surface area contributed by atoms with E-state index in [2.05, 4.69) is 28.0 Å². The Morgan fingerprint density at radius 3 is 2.53 bits per heavy atom. The number of hydrogen-bond acceptors (Lipinski definition) is 4. The molecule has 0 unspecified atom stereocenters. The zero-order valence-corrected chi connectivity index (χ0v) is 18.0. The molecule has 0 aliphatic carbocycles. The summed E-state index contributed by atoms with van der Waals surface area (Å²) in [5.41, 5.74) is 3.45. The molecule has 1 aliphatic rings. The smallest absolute Gasteiger partial charge is 0.337 e. The van der Waals surface area contributed by atoms with E-state index in [0.717, 1.165) is 3.57 Å². The van der Waals surface area contributed by atoms with Gasteiger partial charge in [0, 0.05) is 9.13 Å². The molecule has 2 heterocycles. The third-order valence-electron chi connectivity index (χ3n) is 4.37. The van der Waals surface area contributed by atoms with Crippen molar-refractivity contribution >= 4 is 63.7 Å². The van der Waals surface area contributed by atoms with Gasteiger partial charge in [-0.1, -0.05) is 11.6 Å². The van der Waals surface area contributed by atoms with Crippen molar-refractivity contribution in [2.24, 2.45) is 0 Å². The first-order chi connectivity index (χ1) is 14.3. The molecule has 1 aliphatic heterocycles. The molecule has 9 heteroatoms. The lowest BCUT2D eigenvalue weighted by molar-refractivity contribution is -0.117. The summed E-state index contributed by atoms with van der Waals surface area (Å²) in [5, 5.41) is 10.5. The number of nitrogens with one attached hydrogen (secondary N) is 1. The molecule has 7 nitrogen and oxygen atoms in total. The van der Waals surface area contributed by atoms with E-state index in [1.807, 2.05) is 12.1 Å². The maximum Gasteiger partial charge on any atom is 0.337 e. The van der Waals surface area contributed by atoms with Crippen LogP contribution in [0, 0.1) is 3.57 Å². The number of furan rings is 1. The highest BCUT2D eigenvalue weighted by Crippen LogP contribution is 2.29. The van der Waals surface area contributed by atoms with Gasteiger partial charge < -0.3 is 9.52 Å². The van der Waals surface area contributed by atoms with E-state index in [4.69, 9.17) is 16.0 Å². The number of halogens is 2. The quantitative estimate of drug-likeness (QED) is 0.294. The van der Waals surface area contributed by atoms with Crippen molar-refractivity contribution in [1.82, 2.24) is 5.43 Å². The molecular weight excluding hydrogens is 523 g/mol. The normalized spacial score (nSPS) is 15.0. The van der Waals surface area contributed by atoms with Crippen LogP contribution < -0.4 is 10.4 Å². The summed E-state index contributed by atoms with van der Waals surface area (Å²) < 4.78 is 6.70. The monoisotopic (exact) mass is 534 g/mol. The minimum Gasteiger partial charge on any atom is -0.478 e. The second-order valence-electron chi connectivity index (χ2n) is 6.32. The van der Waals surface area contributed by atoms with Crippen LogP contribution in [0.15, 0.2) is 64.6 Å². The molecule has 0 spiro atoms. The molecule has 3 aromatic rings. The largest absolute Gasteiger partial charge is 0.478 e. The van der Waals surface area contributed by atoms with E-state index in [1.54, 1.807) is 30.3 Å². The number of benzene rings is 2. The van der Waals surface area contributed by atoms with Gasteiger partial charge in [-0.3, -0.25) is 15.0 Å². The molecule has 2 N–H and O–H groups in total. The van der Waals surface area contributed by atoms with Crippen LogP contribution in [0.5, 0.6) is 0 Å². The van der Waals surface area contributed by atoms with Gasteiger partial charge in [0.2, 0.25) is 0 Å². The number of carboxylic acid groups (broad SMARTS) is 1. The van der Waals surface area contributed by atoms with Gasteiger partial charge in [0.25, 0.3) is 11.8 Å². The maximum absolute atomic E-state index is 12.7. The molecule has 1 fully saturated rings. The molecule has 0 saturated carbocycles. The Kier molecular flexibility index (Phi) is 5.35. The minimum atomic E-state index is -1.15. The predicted octanol–water partition coefficient (Wildman–Crippen LogP) is 4.36. The van der Waals surface area contributed by atoms with Crippen molar-refractivity contribution < 1.29 is 23.9 Å². The second-order valence-corrected chi connectivity index (χ2v) is 7.97. The van der Waals surface area contributed by atoms with Crippen LogP contribution in [-0.4, -0.2) is 22.9 Å². The van der Waals surface area contributed by atoms with Crippen molar-refractivity contribution in [2.75, 3.05) is 5.01 Å². The topological polar surface area (TPSA) is 99.9 Å². The number of aromatic carboxylic acids is 1. The van der Waals surface area contributed by atoms with Crippen LogP contribution in [0.3, 0.4) is 0 Å². The van der Waals surface area contributed by atoms with Gasteiger partial charge in [0.05, 0.1) is 16.3 Å². The van der Waals surface area contributed by atoms with Crippen molar-refractivity contribution in [3.05, 3.63) is 80.1 Å². The number of amides is 2. The number of nitrogens with zero attached hydrogens (tertiary/aromatic N) is 1. The van der Waals surface area contributed by atoms with Crippen molar-refractivity contribution in [3.8, 4) is 11.3 Å². The van der Waals surface area contributed by atoms with Gasteiger partial charge in [-0.2, -0.15) is 0 Å². The molecule has 150 valence electrons. The van der Waals surface area contributed by atoms with E-state index in [-0.39, 0.29) is 21.9 Å². The van der Waals surface area contributed by atoms with E-state index < -0.39 is 17.8 Å². The van der Waals surface area contributed by atoms with Crippen molar-refractivity contribution in [1.29, 1.82) is 0 Å². The maximum atomic E-state index is 12.7. The Morgan fingerprint density at radius 1 is 1.10 bits per heavy atom. The van der Waals surface area contributed by atoms with Crippen molar-refractivity contribution in [3.63, 3.8) is 0 Å². The molecule has 30 heavy (non-hydrogen) atoms. The lowest BCUT2D eigenvalue weighted by Crippen LogP contribution is -2.35. The van der Waals surface area contributed by atoms with Gasteiger partial charge in [0.1, 0.15) is 17.1 Å². The fourth-order valence-electron chi connectivity index (χ4n) is 2.90. The van der Waals surface area contributed by atoms with Crippen LogP contribution >= 0.6 is 34.2 Å². The van der Waals surface area contributed by atoms with E-state index >= 15 is 0 Å². The summed E-state index contributed by atoms with van der Waals surface area (Å²) in [5.74, 6) is -1.55. The Bertz CT molecular complexity index is 1220. The van der Waals surface area contributed by atoms with Gasteiger partial charge in [-0.25, -0.2) is 9.80 Å². The Labute approximate surface area is 189 Å². The Hall–Kier alpha value is -3.11. The number of anilines is 1. The summed E-state index contributed by atoms with van der Waals surface area (Å²) in [7, 11) is 0. The number of rotatable bonds is 4. The summed E-state index contributed by atoms with van der Waals surface area (Å²) in [6.45, 7) is 0. The zero-order valence-electron chi connectivity index (χ0n) is 15.1.